The van der Waals surface area contributed by atoms with Crippen LogP contribution in [0.15, 0.2) is 53.7 Å². The number of ether oxygens (including phenoxy) is 1. The maximum atomic E-state index is 12.8. The Morgan fingerprint density at radius 2 is 1.74 bits per heavy atom. The molecule has 0 aromatic heterocycles. The van der Waals surface area contributed by atoms with Gasteiger partial charge in [-0.1, -0.05) is 35.8 Å². The number of benzene rings is 2. The van der Waals surface area contributed by atoms with Gasteiger partial charge in [-0.15, -0.1) is 0 Å². The van der Waals surface area contributed by atoms with E-state index in [-0.39, 0.29) is 12.4 Å². The van der Waals surface area contributed by atoms with Crippen molar-refractivity contribution in [2.75, 3.05) is 26.3 Å². The summed E-state index contributed by atoms with van der Waals surface area (Å²) >= 11 is 0. The predicted molar refractivity (Wildman–Crippen MR) is 104 cm³/mol. The largest absolute Gasteiger partial charge is 0.490 e. The van der Waals surface area contributed by atoms with Crippen molar-refractivity contribution >= 4 is 5.84 Å². The van der Waals surface area contributed by atoms with Gasteiger partial charge in [0.1, 0.15) is 18.2 Å². The van der Waals surface area contributed by atoms with E-state index in [1.165, 1.54) is 31.4 Å². The van der Waals surface area contributed by atoms with Crippen LogP contribution in [0.25, 0.3) is 0 Å². The average Bonchev–Trinajstić information content (AvgIpc) is 2.70. The molecule has 0 atom stereocenters. The lowest BCUT2D eigenvalue weighted by Crippen LogP contribution is -2.30. The molecule has 5 nitrogen and oxygen atoms in total. The molecule has 27 heavy (non-hydrogen) atoms. The van der Waals surface area contributed by atoms with Gasteiger partial charge >= 0.3 is 0 Å². The van der Waals surface area contributed by atoms with Gasteiger partial charge in [0.05, 0.1) is 0 Å². The van der Waals surface area contributed by atoms with Crippen LogP contribution in [0.2, 0.25) is 0 Å². The van der Waals surface area contributed by atoms with Crippen molar-refractivity contribution in [3.05, 3.63) is 65.5 Å². The van der Waals surface area contributed by atoms with Crippen LogP contribution in [0.3, 0.4) is 0 Å². The third-order valence-corrected chi connectivity index (χ3v) is 4.56. The van der Waals surface area contributed by atoms with Crippen LogP contribution in [0.1, 0.15) is 30.4 Å². The number of halogens is 1. The summed E-state index contributed by atoms with van der Waals surface area (Å²) in [6, 6.07) is 13.9. The molecule has 0 saturated carbocycles. The third kappa shape index (κ3) is 5.96. The summed E-state index contributed by atoms with van der Waals surface area (Å²) in [5, 5.41) is 4.03. The highest BCUT2D eigenvalue weighted by Crippen LogP contribution is 2.16. The van der Waals surface area contributed by atoms with Gasteiger partial charge in [0.15, 0.2) is 12.4 Å². The van der Waals surface area contributed by atoms with Gasteiger partial charge in [0.2, 0.25) is 0 Å². The fourth-order valence-corrected chi connectivity index (χ4v) is 3.16. The lowest BCUT2D eigenvalue weighted by Gasteiger charge is -2.27. The third-order valence-electron chi connectivity index (χ3n) is 4.56. The number of nitrogens with zero attached hydrogens (tertiary/aromatic N) is 2. The molecule has 2 N–H and O–H groups in total. The zero-order valence-electron chi connectivity index (χ0n) is 15.4. The molecule has 2 aromatic rings. The number of oxime groups is 1. The Morgan fingerprint density at radius 1 is 1.00 bits per heavy atom. The number of rotatable bonds is 8. The Balaban J connectivity index is 1.50. The zero-order chi connectivity index (χ0) is 18.9. The Bertz CT molecular complexity index is 743. The molecular formula is C21H26FN3O2. The van der Waals surface area contributed by atoms with Gasteiger partial charge in [0.25, 0.3) is 0 Å². The molecule has 144 valence electrons. The predicted octanol–water partition coefficient (Wildman–Crippen LogP) is 3.53. The van der Waals surface area contributed by atoms with E-state index in [1.54, 1.807) is 12.1 Å². The zero-order valence-corrected chi connectivity index (χ0v) is 15.4. The summed E-state index contributed by atoms with van der Waals surface area (Å²) in [5.41, 5.74) is 8.20. The van der Waals surface area contributed by atoms with Crippen molar-refractivity contribution in [2.24, 2.45) is 10.9 Å². The summed E-state index contributed by atoms with van der Waals surface area (Å²) in [5.74, 6) is 0.660. The van der Waals surface area contributed by atoms with Crippen LogP contribution in [-0.2, 0) is 11.4 Å². The van der Waals surface area contributed by atoms with E-state index in [9.17, 15) is 4.39 Å². The van der Waals surface area contributed by atoms with Gasteiger partial charge < -0.3 is 15.3 Å². The first-order valence-corrected chi connectivity index (χ1v) is 9.37. The highest BCUT2D eigenvalue weighted by atomic mass is 19.1. The van der Waals surface area contributed by atoms with E-state index in [1.807, 2.05) is 18.2 Å². The summed E-state index contributed by atoms with van der Waals surface area (Å²) in [6.07, 6.45) is 3.82. The quantitative estimate of drug-likeness (QED) is 0.334. The Kier molecular flexibility index (Phi) is 7.04. The molecule has 0 bridgehead atoms. The van der Waals surface area contributed by atoms with E-state index < -0.39 is 0 Å². The van der Waals surface area contributed by atoms with Crippen LogP contribution < -0.4 is 10.5 Å². The molecule has 0 spiro atoms. The summed E-state index contributed by atoms with van der Waals surface area (Å²) < 4.78 is 18.3. The van der Waals surface area contributed by atoms with Crippen molar-refractivity contribution in [2.45, 2.75) is 25.8 Å². The van der Waals surface area contributed by atoms with Crippen molar-refractivity contribution in [3.8, 4) is 5.75 Å². The first-order valence-electron chi connectivity index (χ1n) is 9.37. The summed E-state index contributed by atoms with van der Waals surface area (Å²) in [7, 11) is 0. The number of nitrogens with two attached hydrogens (primary N) is 1. The number of hydrogen-bond donors (Lipinski definition) is 1. The van der Waals surface area contributed by atoms with Gasteiger partial charge in [-0.2, -0.15) is 0 Å². The molecule has 2 aromatic carbocycles. The molecule has 1 aliphatic heterocycles. The Labute approximate surface area is 159 Å². The second kappa shape index (κ2) is 9.92. The van der Waals surface area contributed by atoms with E-state index in [0.717, 1.165) is 30.8 Å². The molecule has 0 amide bonds. The molecule has 0 unspecified atom stereocenters. The van der Waals surface area contributed by atoms with Crippen LogP contribution >= 0.6 is 0 Å². The van der Waals surface area contributed by atoms with Crippen LogP contribution in [0.4, 0.5) is 4.39 Å². The monoisotopic (exact) mass is 371 g/mol. The number of hydrogen-bond acceptors (Lipinski definition) is 4. The number of likely N-dealkylation sites (tertiary alicyclic amines) is 1. The van der Waals surface area contributed by atoms with Gasteiger partial charge in [0, 0.05) is 12.1 Å². The topological polar surface area (TPSA) is 60.1 Å². The first-order chi connectivity index (χ1) is 13.2. The van der Waals surface area contributed by atoms with Crippen molar-refractivity contribution in [1.82, 2.24) is 4.90 Å². The lowest BCUT2D eigenvalue weighted by atomic mass is 10.0. The maximum Gasteiger partial charge on any atom is 0.170 e. The van der Waals surface area contributed by atoms with Crippen LogP contribution in [0, 0.1) is 5.82 Å². The number of piperidine rings is 1. The summed E-state index contributed by atoms with van der Waals surface area (Å²) in [4.78, 5) is 7.74. The molecule has 0 radical (unpaired) electrons. The molecule has 1 saturated heterocycles. The normalized spacial score (nSPS) is 15.5. The summed E-state index contributed by atoms with van der Waals surface area (Å²) in [6.45, 7) is 3.69. The minimum Gasteiger partial charge on any atom is -0.490 e. The van der Waals surface area contributed by atoms with Crippen LogP contribution in [0.5, 0.6) is 5.75 Å². The van der Waals surface area contributed by atoms with Crippen molar-refractivity contribution < 1.29 is 14.0 Å². The average molecular weight is 371 g/mol. The van der Waals surface area contributed by atoms with Gasteiger partial charge in [-0.05, 0) is 55.8 Å². The number of amidine groups is 1. The van der Waals surface area contributed by atoms with Crippen molar-refractivity contribution in [1.29, 1.82) is 0 Å². The molecule has 0 aliphatic carbocycles. The molecule has 1 fully saturated rings. The van der Waals surface area contributed by atoms with E-state index in [2.05, 4.69) is 16.1 Å². The fourth-order valence-electron chi connectivity index (χ4n) is 3.16. The SMILES string of the molecule is N/C(=N/OCCOc1ccc(F)cc1)c1ccccc1CN1CCCCC1. The molecule has 1 heterocycles. The van der Waals surface area contributed by atoms with Gasteiger partial charge in [-0.3, -0.25) is 4.90 Å². The molecular weight excluding hydrogens is 345 g/mol. The fraction of sp³-hybridized carbons (Fsp3) is 0.381. The van der Waals surface area contributed by atoms with Gasteiger partial charge in [-0.25, -0.2) is 4.39 Å². The van der Waals surface area contributed by atoms with Crippen LogP contribution in [-0.4, -0.2) is 37.0 Å². The molecule has 1 aliphatic rings. The Morgan fingerprint density at radius 3 is 2.52 bits per heavy atom. The minimum atomic E-state index is -0.292. The van der Waals surface area contributed by atoms with E-state index in [0.29, 0.717) is 18.2 Å². The van der Waals surface area contributed by atoms with Crippen molar-refractivity contribution in [3.63, 3.8) is 0 Å². The molecule has 6 heteroatoms. The second-order valence-electron chi connectivity index (χ2n) is 6.61. The lowest BCUT2D eigenvalue weighted by molar-refractivity contribution is 0.107. The van der Waals surface area contributed by atoms with E-state index >= 15 is 0 Å². The van der Waals surface area contributed by atoms with E-state index in [4.69, 9.17) is 15.3 Å². The minimum absolute atomic E-state index is 0.256. The second-order valence-corrected chi connectivity index (χ2v) is 6.61. The standard InChI is InChI=1S/C21H26FN3O2/c22-18-8-10-19(11-9-18)26-14-15-27-24-21(23)20-7-3-2-6-17(20)16-25-12-4-1-5-13-25/h2-3,6-11H,1,4-5,12-16H2,(H2,23,24). The maximum absolute atomic E-state index is 12.8. The smallest absolute Gasteiger partial charge is 0.170 e. The molecule has 3 rings (SSSR count). The first kappa shape index (κ1) is 19.2. The highest BCUT2D eigenvalue weighted by Gasteiger charge is 2.13. The highest BCUT2D eigenvalue weighted by molar-refractivity contribution is 5.98. The Hall–Kier alpha value is -2.60.